The number of nitrogens with two attached hydrogens (primary N) is 5. The van der Waals surface area contributed by atoms with Crippen LogP contribution in [0.4, 0.5) is 0 Å². The number of phenols is 2. The number of carbonyl (C=O) groups excluding carboxylic acids is 5. The number of benzene rings is 2. The van der Waals surface area contributed by atoms with Crippen LogP contribution in [0.1, 0.15) is 36.8 Å². The van der Waals surface area contributed by atoms with E-state index in [1.165, 1.54) is 12.1 Å². The molecule has 0 aliphatic carbocycles. The Hall–Kier alpha value is -4.77. The van der Waals surface area contributed by atoms with Gasteiger partial charge in [-0.05, 0) is 78.9 Å². The van der Waals surface area contributed by atoms with Crippen LogP contribution in [0.5, 0.6) is 11.5 Å². The minimum Gasteiger partial charge on any atom is -0.508 e. The number of nitrogens with one attached hydrogen (secondary N) is 4. The Balaban J connectivity index is 2.03. The fourth-order valence-corrected chi connectivity index (χ4v) is 5.11. The predicted octanol–water partition coefficient (Wildman–Crippen LogP) is -2.95. The summed E-state index contributed by atoms with van der Waals surface area (Å²) in [4.78, 5) is 65.3. The Morgan fingerprint density at radius 3 is 2.11 bits per heavy atom. The van der Waals surface area contributed by atoms with Crippen LogP contribution < -0.4 is 49.9 Å². The fourth-order valence-electron chi connectivity index (χ4n) is 5.11. The van der Waals surface area contributed by atoms with Crippen LogP contribution in [0.15, 0.2) is 36.4 Å². The van der Waals surface area contributed by atoms with Gasteiger partial charge >= 0.3 is 0 Å². The molecule has 0 aromatic heterocycles. The molecule has 0 unspecified atom stereocenters. The second kappa shape index (κ2) is 17.2. The van der Waals surface area contributed by atoms with Gasteiger partial charge in [0.1, 0.15) is 29.6 Å². The van der Waals surface area contributed by atoms with Crippen LogP contribution in [-0.4, -0.2) is 89.6 Å². The maximum absolute atomic E-state index is 13.8. The Morgan fingerprint density at radius 2 is 1.53 bits per heavy atom. The molecule has 5 atom stereocenters. The topological polar surface area (TPSA) is 304 Å². The highest BCUT2D eigenvalue weighted by molar-refractivity contribution is 5.96. The van der Waals surface area contributed by atoms with Crippen molar-refractivity contribution in [3.63, 3.8) is 0 Å². The van der Waals surface area contributed by atoms with Gasteiger partial charge in [-0.2, -0.15) is 0 Å². The summed E-state index contributed by atoms with van der Waals surface area (Å²) in [6.45, 7) is 0.516. The normalized spacial score (nSPS) is 19.6. The number of hydrogen-bond donors (Lipinski definition) is 11. The van der Waals surface area contributed by atoms with E-state index in [1.54, 1.807) is 24.3 Å². The van der Waals surface area contributed by atoms with Gasteiger partial charge in [0.2, 0.25) is 29.5 Å². The average Bonchev–Trinajstić information content (AvgIpc) is 3.02. The standard InChI is InChI=1S/C31H45N9O7/c32-8-1-2-22-30(46)39-23(31(47)40-24(14-27(36)43)29(45)37-15-20(34)7-9-33)13-19-11-17(4-6-26(19)42)16-3-5-25(41)18(10-16)12-21(35)28(44)38-22/h3-6,10-11,20-24,41-42H,1-2,7-9,12-15,32-35H2,(H2,36,43)(H,37,45)(H,38,44)(H,39,46)(H,40,47)/t20-,21-,22-,23-,24-/m0/s1. The molecule has 0 radical (unpaired) electrons. The van der Waals surface area contributed by atoms with Crippen molar-refractivity contribution in [2.75, 3.05) is 19.6 Å². The van der Waals surface area contributed by atoms with E-state index in [1.807, 2.05) is 0 Å². The first-order valence-corrected chi connectivity index (χ1v) is 15.4. The molecule has 5 amide bonds. The number of primary amides is 1. The van der Waals surface area contributed by atoms with Crippen LogP contribution in [-0.2, 0) is 36.8 Å². The first kappa shape index (κ1) is 36.7. The summed E-state index contributed by atoms with van der Waals surface area (Å²) in [5, 5.41) is 31.5. The average molecular weight is 656 g/mol. The molecule has 1 heterocycles. The minimum absolute atomic E-state index is 0.0195. The molecule has 16 N–H and O–H groups in total. The Labute approximate surface area is 272 Å². The Morgan fingerprint density at radius 1 is 0.915 bits per heavy atom. The van der Waals surface area contributed by atoms with E-state index in [2.05, 4.69) is 21.3 Å². The molecule has 2 aromatic carbocycles. The second-order valence-corrected chi connectivity index (χ2v) is 11.6. The highest BCUT2D eigenvalue weighted by Gasteiger charge is 2.32. The maximum Gasteiger partial charge on any atom is 0.243 e. The number of phenolic OH excluding ortho intramolecular Hbond substituents is 2. The lowest BCUT2D eigenvalue weighted by atomic mass is 9.95. The highest BCUT2D eigenvalue weighted by Crippen LogP contribution is 2.31. The number of amides is 5. The molecule has 16 nitrogen and oxygen atoms in total. The van der Waals surface area contributed by atoms with Crippen molar-refractivity contribution in [2.45, 2.75) is 68.7 Å². The van der Waals surface area contributed by atoms with E-state index in [9.17, 15) is 34.2 Å². The third kappa shape index (κ3) is 10.6. The summed E-state index contributed by atoms with van der Waals surface area (Å²) >= 11 is 0. The van der Waals surface area contributed by atoms with Gasteiger partial charge in [-0.3, -0.25) is 24.0 Å². The first-order chi connectivity index (χ1) is 22.3. The molecule has 0 saturated heterocycles. The lowest BCUT2D eigenvalue weighted by Gasteiger charge is -2.26. The zero-order valence-corrected chi connectivity index (χ0v) is 26.0. The van der Waals surface area contributed by atoms with Crippen LogP contribution in [0.3, 0.4) is 0 Å². The number of hydrogen-bond acceptors (Lipinski definition) is 11. The quantitative estimate of drug-likeness (QED) is 0.110. The fraction of sp³-hybridized carbons (Fsp3) is 0.452. The van der Waals surface area contributed by atoms with Crippen molar-refractivity contribution >= 4 is 29.5 Å². The van der Waals surface area contributed by atoms with Gasteiger partial charge in [-0.25, -0.2) is 0 Å². The lowest BCUT2D eigenvalue weighted by molar-refractivity contribution is -0.134. The van der Waals surface area contributed by atoms with Gasteiger partial charge in [-0.1, -0.05) is 12.1 Å². The maximum atomic E-state index is 13.8. The lowest BCUT2D eigenvalue weighted by Crippen LogP contribution is -2.59. The van der Waals surface area contributed by atoms with E-state index in [0.717, 1.165) is 0 Å². The molecule has 16 heteroatoms. The van der Waals surface area contributed by atoms with Crippen molar-refractivity contribution in [1.82, 2.24) is 21.3 Å². The van der Waals surface area contributed by atoms with E-state index in [-0.39, 0.29) is 49.4 Å². The summed E-state index contributed by atoms with van der Waals surface area (Å²) in [6.07, 6.45) is -0.00228. The number of aromatic hydroxyl groups is 2. The van der Waals surface area contributed by atoms with Gasteiger partial charge < -0.3 is 60.1 Å². The van der Waals surface area contributed by atoms with Crippen molar-refractivity contribution < 1.29 is 34.2 Å². The summed E-state index contributed by atoms with van der Waals surface area (Å²) in [7, 11) is 0. The molecule has 0 spiro atoms. The molecule has 256 valence electrons. The van der Waals surface area contributed by atoms with Crippen molar-refractivity contribution in [3.05, 3.63) is 47.5 Å². The molecule has 4 bridgehead atoms. The molecule has 3 rings (SSSR count). The van der Waals surface area contributed by atoms with Crippen molar-refractivity contribution in [2.24, 2.45) is 28.7 Å². The van der Waals surface area contributed by atoms with E-state index < -0.39 is 66.2 Å². The zero-order chi connectivity index (χ0) is 34.7. The monoisotopic (exact) mass is 655 g/mol. The summed E-state index contributed by atoms with van der Waals surface area (Å²) < 4.78 is 0. The first-order valence-electron chi connectivity index (χ1n) is 15.4. The minimum atomic E-state index is -1.42. The van der Waals surface area contributed by atoms with Crippen LogP contribution >= 0.6 is 0 Å². The van der Waals surface area contributed by atoms with Gasteiger partial charge in [0.25, 0.3) is 0 Å². The SMILES string of the molecule is NCCC[C@@H]1NC(=O)[C@@H](N)Cc2cc(ccc2O)-c2ccc(O)c(c2)C[C@@H](C(=O)N[C@@H](CC(N)=O)C(=O)NC[C@@H](N)CCN)NC1=O. The molecule has 1 aliphatic heterocycles. The Kier molecular flexibility index (Phi) is 13.5. The molecule has 0 fully saturated rings. The van der Waals surface area contributed by atoms with Gasteiger partial charge in [-0.15, -0.1) is 0 Å². The molecule has 2 aromatic rings. The Bertz CT molecular complexity index is 1450. The molecular weight excluding hydrogens is 610 g/mol. The summed E-state index contributed by atoms with van der Waals surface area (Å²) in [6, 6.07) is 3.81. The van der Waals surface area contributed by atoms with Gasteiger partial charge in [0.15, 0.2) is 0 Å². The van der Waals surface area contributed by atoms with E-state index in [4.69, 9.17) is 28.7 Å². The number of rotatable bonds is 12. The third-order valence-electron chi connectivity index (χ3n) is 7.77. The van der Waals surface area contributed by atoms with Gasteiger partial charge in [0.05, 0.1) is 12.5 Å². The van der Waals surface area contributed by atoms with Crippen LogP contribution in [0.25, 0.3) is 11.1 Å². The van der Waals surface area contributed by atoms with Crippen LogP contribution in [0.2, 0.25) is 0 Å². The van der Waals surface area contributed by atoms with Crippen molar-refractivity contribution in [3.8, 4) is 22.6 Å². The number of carbonyl (C=O) groups is 5. The zero-order valence-electron chi connectivity index (χ0n) is 26.0. The molecule has 47 heavy (non-hydrogen) atoms. The van der Waals surface area contributed by atoms with E-state index in [0.29, 0.717) is 36.1 Å². The van der Waals surface area contributed by atoms with Gasteiger partial charge in [0, 0.05) is 25.4 Å². The summed E-state index contributed by atoms with van der Waals surface area (Å²) in [5.74, 6) is -4.16. The highest BCUT2D eigenvalue weighted by atomic mass is 16.3. The second-order valence-electron chi connectivity index (χ2n) is 11.6. The largest absolute Gasteiger partial charge is 0.508 e. The molecule has 0 saturated carbocycles. The van der Waals surface area contributed by atoms with Crippen LogP contribution in [0, 0.1) is 0 Å². The third-order valence-corrected chi connectivity index (χ3v) is 7.77. The summed E-state index contributed by atoms with van der Waals surface area (Å²) in [5.41, 5.74) is 30.5. The van der Waals surface area contributed by atoms with E-state index >= 15 is 0 Å². The molecular formula is C31H45N9O7. The number of fused-ring (bicyclic) bond motifs is 5. The molecule has 1 aliphatic rings. The van der Waals surface area contributed by atoms with Crippen molar-refractivity contribution in [1.29, 1.82) is 0 Å². The predicted molar refractivity (Wildman–Crippen MR) is 173 cm³/mol. The smallest absolute Gasteiger partial charge is 0.243 e.